The summed E-state index contributed by atoms with van der Waals surface area (Å²) in [6.45, 7) is 0.848. The molecule has 1 unspecified atom stereocenters. The fraction of sp³-hybridized carbons (Fsp3) is 0.346. The van der Waals surface area contributed by atoms with E-state index >= 15 is 0 Å². The predicted molar refractivity (Wildman–Crippen MR) is 135 cm³/mol. The third-order valence-electron chi connectivity index (χ3n) is 6.27. The zero-order valence-electron chi connectivity index (χ0n) is 20.6. The largest absolute Gasteiger partial charge is 0.354 e. The molecule has 0 spiro atoms. The van der Waals surface area contributed by atoms with Gasteiger partial charge in [-0.2, -0.15) is 4.31 Å². The van der Waals surface area contributed by atoms with Gasteiger partial charge in [0.1, 0.15) is 5.82 Å². The van der Waals surface area contributed by atoms with Crippen molar-refractivity contribution in [1.82, 2.24) is 24.1 Å². The van der Waals surface area contributed by atoms with E-state index in [0.29, 0.717) is 17.5 Å². The highest BCUT2D eigenvalue weighted by Crippen LogP contribution is 2.30. The molecule has 196 valence electrons. The van der Waals surface area contributed by atoms with Crippen molar-refractivity contribution in [3.63, 3.8) is 0 Å². The van der Waals surface area contributed by atoms with E-state index in [1.165, 1.54) is 29.0 Å². The van der Waals surface area contributed by atoms with Crippen molar-refractivity contribution in [3.05, 3.63) is 84.1 Å². The molecule has 0 bridgehead atoms. The van der Waals surface area contributed by atoms with Crippen LogP contribution in [0.3, 0.4) is 0 Å². The number of hydrogen-bond acceptors (Lipinski definition) is 5. The minimum Gasteiger partial charge on any atom is -0.354 e. The molecule has 0 aliphatic carbocycles. The van der Waals surface area contributed by atoms with Crippen molar-refractivity contribution in [2.45, 2.75) is 30.3 Å². The highest BCUT2D eigenvalue weighted by Gasteiger charge is 2.35. The molecule has 1 saturated heterocycles. The Morgan fingerprint density at radius 3 is 2.59 bits per heavy atom. The number of hydrogen-bond donors (Lipinski definition) is 1. The van der Waals surface area contributed by atoms with Crippen LogP contribution in [0.2, 0.25) is 0 Å². The fourth-order valence-corrected chi connectivity index (χ4v) is 6.06. The molecule has 37 heavy (non-hydrogen) atoms. The summed E-state index contributed by atoms with van der Waals surface area (Å²) in [4.78, 5) is 31.6. The van der Waals surface area contributed by atoms with Gasteiger partial charge in [0.2, 0.25) is 11.8 Å². The lowest BCUT2D eigenvalue weighted by Crippen LogP contribution is -2.40. The van der Waals surface area contributed by atoms with Crippen LogP contribution in [0.5, 0.6) is 0 Å². The third kappa shape index (κ3) is 6.60. The van der Waals surface area contributed by atoms with Crippen molar-refractivity contribution >= 4 is 21.8 Å². The highest BCUT2D eigenvalue weighted by molar-refractivity contribution is 7.89. The first-order valence-corrected chi connectivity index (χ1v) is 13.5. The van der Waals surface area contributed by atoms with Crippen molar-refractivity contribution in [2.75, 3.05) is 26.2 Å². The Bertz CT molecular complexity index is 1350. The average molecular weight is 528 g/mol. The minimum absolute atomic E-state index is 0.00823. The van der Waals surface area contributed by atoms with Gasteiger partial charge in [0.15, 0.2) is 5.03 Å². The van der Waals surface area contributed by atoms with Gasteiger partial charge in [0.05, 0.1) is 18.8 Å². The summed E-state index contributed by atoms with van der Waals surface area (Å²) < 4.78 is 43.9. The lowest BCUT2D eigenvalue weighted by molar-refractivity contribution is -0.131. The quantitative estimate of drug-likeness (QED) is 0.548. The SMILES string of the molecule is Cn1cnc(S(=O)(=O)N2CCCN(C(=O)Cc3cccc(F)c3)CCNC(=O)CC2c2ccccc2)c1. The molecule has 2 heterocycles. The van der Waals surface area contributed by atoms with Crippen molar-refractivity contribution < 1.29 is 22.4 Å². The summed E-state index contributed by atoms with van der Waals surface area (Å²) in [5, 5.41) is 2.71. The second kappa shape index (κ2) is 11.7. The Kier molecular flexibility index (Phi) is 8.34. The molecule has 0 saturated carbocycles. The Balaban J connectivity index is 1.62. The molecule has 0 radical (unpaired) electrons. The van der Waals surface area contributed by atoms with Crippen LogP contribution >= 0.6 is 0 Å². The number of halogens is 1. The Morgan fingerprint density at radius 2 is 1.89 bits per heavy atom. The molecule has 2 amide bonds. The van der Waals surface area contributed by atoms with Crippen molar-refractivity contribution in [2.24, 2.45) is 7.05 Å². The molecular formula is C26H30FN5O4S. The number of carbonyl (C=O) groups excluding carboxylic acids is 2. The number of imidazole rings is 1. The molecule has 9 nitrogen and oxygen atoms in total. The first-order chi connectivity index (χ1) is 17.7. The molecular weight excluding hydrogens is 497 g/mol. The number of benzene rings is 2. The van der Waals surface area contributed by atoms with Crippen LogP contribution in [0.1, 0.15) is 30.0 Å². The molecule has 1 N–H and O–H groups in total. The average Bonchev–Trinajstić information content (AvgIpc) is 3.30. The van der Waals surface area contributed by atoms with Gasteiger partial charge >= 0.3 is 0 Å². The molecule has 11 heteroatoms. The number of aryl methyl sites for hydroxylation is 1. The summed E-state index contributed by atoms with van der Waals surface area (Å²) in [5.74, 6) is -0.968. The maximum Gasteiger partial charge on any atom is 0.262 e. The fourth-order valence-electron chi connectivity index (χ4n) is 4.44. The second-order valence-corrected chi connectivity index (χ2v) is 10.9. The molecule has 1 fully saturated rings. The van der Waals surface area contributed by atoms with Crippen LogP contribution in [-0.4, -0.2) is 65.2 Å². The zero-order valence-corrected chi connectivity index (χ0v) is 21.4. The van der Waals surface area contributed by atoms with E-state index in [4.69, 9.17) is 0 Å². The number of aromatic nitrogens is 2. The number of rotatable bonds is 5. The molecule has 1 aromatic heterocycles. The van der Waals surface area contributed by atoms with E-state index in [2.05, 4.69) is 10.3 Å². The summed E-state index contributed by atoms with van der Waals surface area (Å²) in [5.41, 5.74) is 1.24. The van der Waals surface area contributed by atoms with Gasteiger partial charge in [-0.25, -0.2) is 17.8 Å². The molecule has 1 atom stereocenters. The second-order valence-electron chi connectivity index (χ2n) is 9.01. The van der Waals surface area contributed by atoms with Crippen molar-refractivity contribution in [1.29, 1.82) is 0 Å². The predicted octanol–water partition coefficient (Wildman–Crippen LogP) is 2.27. The van der Waals surface area contributed by atoms with Crippen LogP contribution in [0.4, 0.5) is 4.39 Å². The monoisotopic (exact) mass is 527 g/mol. The molecule has 1 aliphatic heterocycles. The standard InChI is InChI=1S/C26H30FN5O4S/c1-30-18-25(29-19-30)37(35,36)32-13-6-12-31(26(34)16-20-7-5-10-22(27)15-20)14-11-28-24(33)17-23(32)21-8-3-2-4-9-21/h2-5,7-10,15,18-19,23H,6,11-14,16-17H2,1H3,(H,28,33). The van der Waals surface area contributed by atoms with Gasteiger partial charge in [-0.1, -0.05) is 42.5 Å². The van der Waals surface area contributed by atoms with Gasteiger partial charge in [-0.3, -0.25) is 9.59 Å². The number of amides is 2. The Hall–Kier alpha value is -3.57. The summed E-state index contributed by atoms with van der Waals surface area (Å²) >= 11 is 0. The minimum atomic E-state index is -4.06. The van der Waals surface area contributed by atoms with E-state index in [9.17, 15) is 22.4 Å². The number of nitrogens with zero attached hydrogens (tertiary/aromatic N) is 4. The van der Waals surface area contributed by atoms with Crippen LogP contribution in [0, 0.1) is 5.82 Å². The van der Waals surface area contributed by atoms with Gasteiger partial charge in [-0.05, 0) is 29.7 Å². The van der Waals surface area contributed by atoms with Crippen molar-refractivity contribution in [3.8, 4) is 0 Å². The highest BCUT2D eigenvalue weighted by atomic mass is 32.2. The molecule has 1 aliphatic rings. The van der Waals surface area contributed by atoms with E-state index < -0.39 is 21.9 Å². The number of nitrogens with one attached hydrogen (secondary N) is 1. The van der Waals surface area contributed by atoms with E-state index in [-0.39, 0.29) is 55.9 Å². The molecule has 4 rings (SSSR count). The third-order valence-corrected chi connectivity index (χ3v) is 8.07. The smallest absolute Gasteiger partial charge is 0.262 e. The Labute approximate surface area is 216 Å². The molecule has 2 aromatic carbocycles. The van der Waals surface area contributed by atoms with Crippen LogP contribution in [0.15, 0.2) is 72.1 Å². The molecule has 3 aromatic rings. The summed E-state index contributed by atoms with van der Waals surface area (Å²) in [6, 6.07) is 14.1. The summed E-state index contributed by atoms with van der Waals surface area (Å²) in [7, 11) is -2.37. The van der Waals surface area contributed by atoms with Crippen LogP contribution in [0.25, 0.3) is 0 Å². The van der Waals surface area contributed by atoms with E-state index in [1.807, 2.05) is 6.07 Å². The van der Waals surface area contributed by atoms with E-state index in [0.717, 1.165) is 0 Å². The zero-order chi connectivity index (χ0) is 26.4. The topological polar surface area (TPSA) is 105 Å². The maximum absolute atomic E-state index is 13.7. The summed E-state index contributed by atoms with van der Waals surface area (Å²) in [6.07, 6.45) is 3.12. The van der Waals surface area contributed by atoms with Gasteiger partial charge in [0.25, 0.3) is 10.0 Å². The van der Waals surface area contributed by atoms with Crippen LogP contribution in [-0.2, 0) is 33.1 Å². The normalized spacial score (nSPS) is 18.2. The first-order valence-electron chi connectivity index (χ1n) is 12.1. The van der Waals surface area contributed by atoms with Crippen LogP contribution < -0.4 is 5.32 Å². The van der Waals surface area contributed by atoms with Gasteiger partial charge in [-0.15, -0.1) is 0 Å². The lowest BCUT2D eigenvalue weighted by atomic mass is 10.0. The number of sulfonamides is 1. The van der Waals surface area contributed by atoms with E-state index in [1.54, 1.807) is 52.9 Å². The lowest BCUT2D eigenvalue weighted by Gasteiger charge is -2.30. The Morgan fingerprint density at radius 1 is 1.11 bits per heavy atom. The number of carbonyl (C=O) groups is 2. The van der Waals surface area contributed by atoms with Gasteiger partial charge < -0.3 is 14.8 Å². The first kappa shape index (κ1) is 26.5. The maximum atomic E-state index is 13.7. The van der Waals surface area contributed by atoms with Gasteiger partial charge in [0, 0.05) is 45.8 Å².